The predicted octanol–water partition coefficient (Wildman–Crippen LogP) is 2.38. The monoisotopic (exact) mass is 269 g/mol. The molecule has 0 radical (unpaired) electrons. The molecule has 0 spiro atoms. The second-order valence-corrected chi connectivity index (χ2v) is 6.79. The minimum absolute atomic E-state index is 0.0569. The molecule has 1 N–H and O–H groups in total. The quantitative estimate of drug-likeness (QED) is 0.851. The van der Waals surface area contributed by atoms with E-state index in [1.807, 2.05) is 0 Å². The van der Waals surface area contributed by atoms with E-state index in [4.69, 9.17) is 4.74 Å². The molecule has 0 amide bonds. The number of aliphatic carboxylic acids is 1. The van der Waals surface area contributed by atoms with Crippen LogP contribution in [0.25, 0.3) is 0 Å². The van der Waals surface area contributed by atoms with Crippen molar-refractivity contribution in [2.45, 2.75) is 58.5 Å². The highest BCUT2D eigenvalue weighted by Crippen LogP contribution is 2.38. The molecule has 0 aromatic heterocycles. The second-order valence-electron chi connectivity index (χ2n) is 6.79. The molecular weight excluding hydrogens is 242 g/mol. The summed E-state index contributed by atoms with van der Waals surface area (Å²) in [5.41, 5.74) is 0.383. The fourth-order valence-electron chi connectivity index (χ4n) is 3.81. The van der Waals surface area contributed by atoms with Gasteiger partial charge in [-0.1, -0.05) is 27.2 Å². The lowest BCUT2D eigenvalue weighted by Crippen LogP contribution is -2.50. The number of likely N-dealkylation sites (N-methyl/N-ethyl adjacent to an activating group) is 1. The van der Waals surface area contributed by atoms with Crippen molar-refractivity contribution in [2.24, 2.45) is 11.3 Å². The number of carbonyl (C=O) groups is 1. The summed E-state index contributed by atoms with van der Waals surface area (Å²) in [7, 11) is 0. The number of hydrogen-bond acceptors (Lipinski definition) is 3. The highest BCUT2D eigenvalue weighted by molar-refractivity contribution is 5.71. The third-order valence-corrected chi connectivity index (χ3v) is 4.81. The Bertz CT molecular complexity index is 329. The maximum Gasteiger partial charge on any atom is 0.310 e. The predicted molar refractivity (Wildman–Crippen MR) is 74.1 cm³/mol. The van der Waals surface area contributed by atoms with Crippen LogP contribution >= 0.6 is 0 Å². The van der Waals surface area contributed by atoms with Gasteiger partial charge in [0.25, 0.3) is 0 Å². The number of hydrogen-bond donors (Lipinski definition) is 1. The molecule has 0 bridgehead atoms. The largest absolute Gasteiger partial charge is 0.481 e. The van der Waals surface area contributed by atoms with Gasteiger partial charge < -0.3 is 9.84 Å². The Morgan fingerprint density at radius 3 is 2.74 bits per heavy atom. The number of carboxylic acids is 1. The molecule has 0 aromatic carbocycles. The molecule has 2 aliphatic rings. The van der Waals surface area contributed by atoms with Gasteiger partial charge in [-0.3, -0.25) is 9.69 Å². The Kier molecular flexibility index (Phi) is 4.51. The molecule has 1 saturated carbocycles. The van der Waals surface area contributed by atoms with Gasteiger partial charge in [0.05, 0.1) is 19.1 Å². The Balaban J connectivity index is 2.08. The zero-order valence-corrected chi connectivity index (χ0v) is 12.4. The van der Waals surface area contributed by atoms with Crippen molar-refractivity contribution in [1.82, 2.24) is 4.90 Å². The smallest absolute Gasteiger partial charge is 0.310 e. The van der Waals surface area contributed by atoms with Crippen molar-refractivity contribution >= 4 is 5.97 Å². The van der Waals surface area contributed by atoms with Crippen LogP contribution in [0.3, 0.4) is 0 Å². The number of ether oxygens (including phenoxy) is 1. The van der Waals surface area contributed by atoms with Gasteiger partial charge in [-0.25, -0.2) is 0 Å². The Morgan fingerprint density at radius 1 is 1.42 bits per heavy atom. The molecule has 110 valence electrons. The molecule has 1 aliphatic heterocycles. The Labute approximate surface area is 116 Å². The first-order valence-electron chi connectivity index (χ1n) is 7.51. The van der Waals surface area contributed by atoms with Crippen molar-refractivity contribution in [2.75, 3.05) is 19.8 Å². The van der Waals surface area contributed by atoms with Crippen LogP contribution in [0.4, 0.5) is 0 Å². The van der Waals surface area contributed by atoms with Crippen LogP contribution in [0, 0.1) is 11.3 Å². The van der Waals surface area contributed by atoms with E-state index in [1.54, 1.807) is 0 Å². The van der Waals surface area contributed by atoms with Crippen molar-refractivity contribution in [1.29, 1.82) is 0 Å². The molecule has 19 heavy (non-hydrogen) atoms. The maximum atomic E-state index is 11.3. The molecule has 1 aliphatic carbocycles. The highest BCUT2D eigenvalue weighted by Gasteiger charge is 2.41. The topological polar surface area (TPSA) is 49.8 Å². The van der Waals surface area contributed by atoms with E-state index in [0.717, 1.165) is 6.54 Å². The first kappa shape index (κ1) is 14.8. The minimum Gasteiger partial charge on any atom is -0.481 e. The average Bonchev–Trinajstić information content (AvgIpc) is 2.78. The molecule has 0 aromatic rings. The van der Waals surface area contributed by atoms with Gasteiger partial charge in [0.15, 0.2) is 0 Å². The van der Waals surface area contributed by atoms with Crippen LogP contribution in [0.15, 0.2) is 0 Å². The van der Waals surface area contributed by atoms with Crippen molar-refractivity contribution in [3.8, 4) is 0 Å². The summed E-state index contributed by atoms with van der Waals surface area (Å²) in [4.78, 5) is 13.7. The summed E-state index contributed by atoms with van der Waals surface area (Å²) in [6.45, 7) is 8.64. The number of carboxylic acid groups (broad SMARTS) is 1. The molecule has 3 unspecified atom stereocenters. The van der Waals surface area contributed by atoms with Gasteiger partial charge in [0, 0.05) is 12.1 Å². The lowest BCUT2D eigenvalue weighted by molar-refractivity contribution is -0.143. The van der Waals surface area contributed by atoms with Crippen LogP contribution in [0.2, 0.25) is 0 Å². The zero-order chi connectivity index (χ0) is 14.0. The zero-order valence-electron chi connectivity index (χ0n) is 12.4. The summed E-state index contributed by atoms with van der Waals surface area (Å²) < 4.78 is 5.43. The van der Waals surface area contributed by atoms with E-state index in [9.17, 15) is 9.90 Å². The second kappa shape index (κ2) is 5.80. The fraction of sp³-hybridized carbons (Fsp3) is 0.933. The van der Waals surface area contributed by atoms with Crippen molar-refractivity contribution in [3.05, 3.63) is 0 Å². The van der Waals surface area contributed by atoms with Gasteiger partial charge in [-0.2, -0.15) is 0 Å². The van der Waals surface area contributed by atoms with Gasteiger partial charge in [-0.15, -0.1) is 0 Å². The minimum atomic E-state index is -0.712. The van der Waals surface area contributed by atoms with Crippen LogP contribution in [0.1, 0.15) is 46.5 Å². The van der Waals surface area contributed by atoms with E-state index in [-0.39, 0.29) is 12.0 Å². The lowest BCUT2D eigenvalue weighted by Gasteiger charge is -2.43. The number of rotatable bonds is 4. The van der Waals surface area contributed by atoms with Crippen molar-refractivity contribution < 1.29 is 14.6 Å². The first-order chi connectivity index (χ1) is 8.94. The van der Waals surface area contributed by atoms with E-state index in [1.165, 1.54) is 25.7 Å². The van der Waals surface area contributed by atoms with Crippen LogP contribution in [0.5, 0.6) is 0 Å². The fourth-order valence-corrected chi connectivity index (χ4v) is 3.81. The molecule has 4 heteroatoms. The molecule has 1 heterocycles. The van der Waals surface area contributed by atoms with Crippen LogP contribution in [-0.2, 0) is 9.53 Å². The standard InChI is InChI=1S/C15H27NO3/c1-4-16(11-6-5-7-15(2,3)8-11)13-10-19-9-12(13)14(17)18/h11-13H,4-10H2,1-3H3,(H,17,18). The third-order valence-electron chi connectivity index (χ3n) is 4.81. The van der Waals surface area contributed by atoms with E-state index < -0.39 is 5.97 Å². The molecule has 2 fully saturated rings. The Hall–Kier alpha value is -0.610. The third kappa shape index (κ3) is 3.29. The molecule has 2 rings (SSSR count). The van der Waals surface area contributed by atoms with Gasteiger partial charge in [0.1, 0.15) is 0 Å². The molecular formula is C15H27NO3. The number of nitrogens with zero attached hydrogens (tertiary/aromatic N) is 1. The summed E-state index contributed by atoms with van der Waals surface area (Å²) in [6, 6.07) is 0.573. The Morgan fingerprint density at radius 2 is 2.16 bits per heavy atom. The first-order valence-corrected chi connectivity index (χ1v) is 7.51. The summed E-state index contributed by atoms with van der Waals surface area (Å²) in [6.07, 6.45) is 4.90. The van der Waals surface area contributed by atoms with E-state index in [2.05, 4.69) is 25.7 Å². The summed E-state index contributed by atoms with van der Waals surface area (Å²) in [5, 5.41) is 9.32. The molecule has 3 atom stereocenters. The van der Waals surface area contributed by atoms with Crippen LogP contribution < -0.4 is 0 Å². The van der Waals surface area contributed by atoms with E-state index >= 15 is 0 Å². The highest BCUT2D eigenvalue weighted by atomic mass is 16.5. The maximum absolute atomic E-state index is 11.3. The van der Waals surface area contributed by atoms with E-state index in [0.29, 0.717) is 24.7 Å². The SMILES string of the molecule is CCN(C1CCCC(C)(C)C1)C1COCC1C(=O)O. The lowest BCUT2D eigenvalue weighted by atomic mass is 9.74. The van der Waals surface area contributed by atoms with Gasteiger partial charge >= 0.3 is 5.97 Å². The van der Waals surface area contributed by atoms with Gasteiger partial charge in [0.2, 0.25) is 0 Å². The van der Waals surface area contributed by atoms with Crippen LogP contribution in [-0.4, -0.2) is 47.8 Å². The summed E-state index contributed by atoms with van der Waals surface area (Å²) >= 11 is 0. The molecule has 1 saturated heterocycles. The average molecular weight is 269 g/mol. The molecule has 4 nitrogen and oxygen atoms in total. The van der Waals surface area contributed by atoms with Gasteiger partial charge in [-0.05, 0) is 31.2 Å². The summed E-state index contributed by atoms with van der Waals surface area (Å²) in [5.74, 6) is -1.07. The normalized spacial score (nSPS) is 34.6. The van der Waals surface area contributed by atoms with Crippen molar-refractivity contribution in [3.63, 3.8) is 0 Å².